The van der Waals surface area contributed by atoms with Gasteiger partial charge in [0, 0.05) is 13.0 Å². The van der Waals surface area contributed by atoms with Crippen LogP contribution in [-0.2, 0) is 19.4 Å². The van der Waals surface area contributed by atoms with E-state index in [0.717, 1.165) is 44.0 Å². The molecule has 1 aromatic heterocycles. The lowest BCUT2D eigenvalue weighted by Gasteiger charge is -2.13. The van der Waals surface area contributed by atoms with E-state index >= 15 is 0 Å². The summed E-state index contributed by atoms with van der Waals surface area (Å²) in [5, 5.41) is 12.2. The number of nitrogens with one attached hydrogen (secondary N) is 1. The molecule has 0 saturated carbocycles. The SMILES string of the molecule is CC(NCCCc1ccccc1)c1nnc2n1CCC2. The van der Waals surface area contributed by atoms with E-state index < -0.39 is 0 Å². The molecule has 20 heavy (non-hydrogen) atoms. The number of benzene rings is 1. The monoisotopic (exact) mass is 270 g/mol. The molecule has 106 valence electrons. The molecule has 0 saturated heterocycles. The quantitative estimate of drug-likeness (QED) is 0.820. The third kappa shape index (κ3) is 2.90. The summed E-state index contributed by atoms with van der Waals surface area (Å²) in [6.07, 6.45) is 4.56. The highest BCUT2D eigenvalue weighted by atomic mass is 15.3. The average Bonchev–Trinajstić information content (AvgIpc) is 3.07. The largest absolute Gasteiger partial charge is 0.314 e. The van der Waals surface area contributed by atoms with Gasteiger partial charge in [-0.25, -0.2) is 0 Å². The van der Waals surface area contributed by atoms with Crippen LogP contribution in [0.2, 0.25) is 0 Å². The van der Waals surface area contributed by atoms with Crippen molar-refractivity contribution in [2.45, 2.75) is 45.2 Å². The van der Waals surface area contributed by atoms with Crippen LogP contribution in [0.1, 0.15) is 43.0 Å². The summed E-state index contributed by atoms with van der Waals surface area (Å²) in [5.41, 5.74) is 1.41. The smallest absolute Gasteiger partial charge is 0.149 e. The van der Waals surface area contributed by atoms with Gasteiger partial charge in [-0.15, -0.1) is 10.2 Å². The summed E-state index contributed by atoms with van der Waals surface area (Å²) in [6.45, 7) is 4.27. The van der Waals surface area contributed by atoms with Gasteiger partial charge in [0.1, 0.15) is 11.6 Å². The molecule has 0 aliphatic carbocycles. The number of hydrogen-bond donors (Lipinski definition) is 1. The second-order valence-electron chi connectivity index (χ2n) is 5.49. The van der Waals surface area contributed by atoms with Gasteiger partial charge >= 0.3 is 0 Å². The number of aryl methyl sites for hydroxylation is 2. The van der Waals surface area contributed by atoms with Crippen LogP contribution in [0.4, 0.5) is 0 Å². The van der Waals surface area contributed by atoms with Crippen molar-refractivity contribution in [3.8, 4) is 0 Å². The number of hydrogen-bond acceptors (Lipinski definition) is 3. The van der Waals surface area contributed by atoms with Crippen molar-refractivity contribution in [1.29, 1.82) is 0 Å². The second-order valence-corrected chi connectivity index (χ2v) is 5.49. The standard InChI is InChI=1S/C16H22N4/c1-13(16-19-18-15-10-6-12-20(15)16)17-11-5-9-14-7-3-2-4-8-14/h2-4,7-8,13,17H,5-6,9-12H2,1H3. The molecule has 4 nitrogen and oxygen atoms in total. The number of fused-ring (bicyclic) bond motifs is 1. The molecule has 0 radical (unpaired) electrons. The second kappa shape index (κ2) is 6.18. The molecule has 1 aromatic carbocycles. The minimum absolute atomic E-state index is 0.283. The first-order valence-corrected chi connectivity index (χ1v) is 7.54. The van der Waals surface area contributed by atoms with Gasteiger partial charge in [-0.3, -0.25) is 0 Å². The fraction of sp³-hybridized carbons (Fsp3) is 0.500. The van der Waals surface area contributed by atoms with Crippen molar-refractivity contribution >= 4 is 0 Å². The van der Waals surface area contributed by atoms with Crippen LogP contribution >= 0.6 is 0 Å². The molecule has 1 atom stereocenters. The molecule has 3 rings (SSSR count). The Kier molecular flexibility index (Phi) is 4.11. The minimum atomic E-state index is 0.283. The van der Waals surface area contributed by atoms with Gasteiger partial charge in [0.2, 0.25) is 0 Å². The van der Waals surface area contributed by atoms with Crippen LogP contribution < -0.4 is 5.32 Å². The number of rotatable bonds is 6. The summed E-state index contributed by atoms with van der Waals surface area (Å²) < 4.78 is 2.27. The summed E-state index contributed by atoms with van der Waals surface area (Å²) in [7, 11) is 0. The van der Waals surface area contributed by atoms with Crippen LogP contribution in [0.5, 0.6) is 0 Å². The molecule has 4 heteroatoms. The Morgan fingerprint density at radius 1 is 1.25 bits per heavy atom. The highest BCUT2D eigenvalue weighted by Gasteiger charge is 2.20. The fourth-order valence-corrected chi connectivity index (χ4v) is 2.84. The molecule has 0 fully saturated rings. The number of aromatic nitrogens is 3. The maximum Gasteiger partial charge on any atom is 0.149 e. The lowest BCUT2D eigenvalue weighted by atomic mass is 10.1. The van der Waals surface area contributed by atoms with Gasteiger partial charge in [-0.2, -0.15) is 0 Å². The Morgan fingerprint density at radius 2 is 2.10 bits per heavy atom. The Bertz CT molecular complexity index is 547. The molecule has 1 aliphatic rings. The molecule has 2 heterocycles. The van der Waals surface area contributed by atoms with Gasteiger partial charge in [0.05, 0.1) is 6.04 Å². The van der Waals surface area contributed by atoms with Crippen LogP contribution in [0.25, 0.3) is 0 Å². The van der Waals surface area contributed by atoms with Crippen molar-refractivity contribution in [2.75, 3.05) is 6.54 Å². The fourth-order valence-electron chi connectivity index (χ4n) is 2.84. The normalized spacial score (nSPS) is 15.2. The van der Waals surface area contributed by atoms with Crippen LogP contribution in [0.15, 0.2) is 30.3 Å². The van der Waals surface area contributed by atoms with E-state index in [4.69, 9.17) is 0 Å². The van der Waals surface area contributed by atoms with E-state index in [1.165, 1.54) is 12.0 Å². The molecule has 1 N–H and O–H groups in total. The molecule has 0 spiro atoms. The van der Waals surface area contributed by atoms with Crippen LogP contribution in [-0.4, -0.2) is 21.3 Å². The first kappa shape index (κ1) is 13.3. The van der Waals surface area contributed by atoms with E-state index in [1.54, 1.807) is 0 Å². The van der Waals surface area contributed by atoms with Gasteiger partial charge in [-0.1, -0.05) is 30.3 Å². The maximum atomic E-state index is 4.33. The van der Waals surface area contributed by atoms with Gasteiger partial charge in [0.15, 0.2) is 0 Å². The van der Waals surface area contributed by atoms with Crippen molar-refractivity contribution < 1.29 is 0 Å². The maximum absolute atomic E-state index is 4.33. The third-order valence-corrected chi connectivity index (χ3v) is 3.96. The Labute approximate surface area is 120 Å². The van der Waals surface area contributed by atoms with Gasteiger partial charge < -0.3 is 9.88 Å². The third-order valence-electron chi connectivity index (χ3n) is 3.96. The molecule has 1 unspecified atom stereocenters. The summed E-state index contributed by atoms with van der Waals surface area (Å²) in [6, 6.07) is 10.9. The van der Waals surface area contributed by atoms with Crippen LogP contribution in [0.3, 0.4) is 0 Å². The zero-order chi connectivity index (χ0) is 13.8. The van der Waals surface area contributed by atoms with Crippen LogP contribution in [0, 0.1) is 0 Å². The summed E-state index contributed by atoms with van der Waals surface area (Å²) in [4.78, 5) is 0. The Balaban J connectivity index is 1.46. The Hall–Kier alpha value is -1.68. The lowest BCUT2D eigenvalue weighted by Crippen LogP contribution is -2.23. The van der Waals surface area contributed by atoms with Crippen molar-refractivity contribution in [3.63, 3.8) is 0 Å². The molecule has 0 amide bonds. The predicted octanol–water partition coefficient (Wildman–Crippen LogP) is 2.51. The van der Waals surface area contributed by atoms with E-state index in [-0.39, 0.29) is 6.04 Å². The van der Waals surface area contributed by atoms with Crippen molar-refractivity contribution in [3.05, 3.63) is 47.5 Å². The average molecular weight is 270 g/mol. The summed E-state index contributed by atoms with van der Waals surface area (Å²) >= 11 is 0. The topological polar surface area (TPSA) is 42.7 Å². The van der Waals surface area contributed by atoms with E-state index in [9.17, 15) is 0 Å². The van der Waals surface area contributed by atoms with Gasteiger partial charge in [0.25, 0.3) is 0 Å². The number of nitrogens with zero attached hydrogens (tertiary/aromatic N) is 3. The zero-order valence-corrected chi connectivity index (χ0v) is 12.0. The minimum Gasteiger partial charge on any atom is -0.314 e. The van der Waals surface area contributed by atoms with E-state index in [1.807, 2.05) is 0 Å². The first-order valence-electron chi connectivity index (χ1n) is 7.54. The lowest BCUT2D eigenvalue weighted by molar-refractivity contribution is 0.508. The molecule has 1 aliphatic heterocycles. The van der Waals surface area contributed by atoms with Crippen molar-refractivity contribution in [2.24, 2.45) is 0 Å². The highest BCUT2D eigenvalue weighted by Crippen LogP contribution is 2.18. The Morgan fingerprint density at radius 3 is 2.95 bits per heavy atom. The van der Waals surface area contributed by atoms with Crippen molar-refractivity contribution in [1.82, 2.24) is 20.1 Å². The predicted molar refractivity (Wildman–Crippen MR) is 79.5 cm³/mol. The van der Waals surface area contributed by atoms with E-state index in [2.05, 4.69) is 57.3 Å². The zero-order valence-electron chi connectivity index (χ0n) is 12.0. The molecule has 2 aromatic rings. The first-order chi connectivity index (χ1) is 9.84. The van der Waals surface area contributed by atoms with Gasteiger partial charge in [-0.05, 0) is 38.3 Å². The molecular weight excluding hydrogens is 248 g/mol. The molecular formula is C16H22N4. The highest BCUT2D eigenvalue weighted by molar-refractivity contribution is 5.14. The van der Waals surface area contributed by atoms with E-state index in [0.29, 0.717) is 0 Å². The summed E-state index contributed by atoms with van der Waals surface area (Å²) in [5.74, 6) is 2.25. The molecule has 0 bridgehead atoms.